The lowest BCUT2D eigenvalue weighted by Crippen LogP contribution is -2.38. The third-order valence-corrected chi connectivity index (χ3v) is 5.14. The van der Waals surface area contributed by atoms with Gasteiger partial charge in [0.05, 0.1) is 6.20 Å². The Balaban J connectivity index is 1.33. The van der Waals surface area contributed by atoms with E-state index < -0.39 is 0 Å². The molecule has 2 aliphatic rings. The molecule has 3 heterocycles. The van der Waals surface area contributed by atoms with Crippen LogP contribution in [0.15, 0.2) is 36.5 Å². The number of anilines is 2. The molecule has 2 atom stereocenters. The normalized spacial score (nSPS) is 23.1. The summed E-state index contributed by atoms with van der Waals surface area (Å²) in [6.45, 7) is 5.29. The van der Waals surface area contributed by atoms with Crippen LogP contribution in [0.4, 0.5) is 11.5 Å². The van der Waals surface area contributed by atoms with E-state index in [4.69, 9.17) is 0 Å². The Morgan fingerprint density at radius 2 is 2.17 bits per heavy atom. The first kappa shape index (κ1) is 14.6. The van der Waals surface area contributed by atoms with Crippen LogP contribution in [0.5, 0.6) is 0 Å². The molecule has 23 heavy (non-hydrogen) atoms. The zero-order valence-electron chi connectivity index (χ0n) is 13.7. The molecule has 2 aromatic rings. The predicted molar refractivity (Wildman–Crippen MR) is 94.1 cm³/mol. The van der Waals surface area contributed by atoms with Gasteiger partial charge in [0.2, 0.25) is 0 Å². The molecule has 2 aliphatic heterocycles. The summed E-state index contributed by atoms with van der Waals surface area (Å²) in [4.78, 5) is 2.37. The van der Waals surface area contributed by atoms with E-state index in [1.54, 1.807) is 0 Å². The van der Waals surface area contributed by atoms with Crippen molar-refractivity contribution in [2.75, 3.05) is 43.4 Å². The Kier molecular flexibility index (Phi) is 3.95. The Morgan fingerprint density at radius 1 is 1.26 bits per heavy atom. The first-order chi connectivity index (χ1) is 11.3. The fraction of sp³-hybridized carbons (Fsp3) is 0.500. The maximum absolute atomic E-state index is 4.36. The Bertz CT molecular complexity index is 665. The third kappa shape index (κ3) is 2.93. The first-order valence-electron chi connectivity index (χ1n) is 8.58. The molecule has 5 nitrogen and oxygen atoms in total. The Labute approximate surface area is 137 Å². The molecule has 0 fully saturated rings. The van der Waals surface area contributed by atoms with Crippen LogP contribution in [0, 0.1) is 5.92 Å². The Hall–Kier alpha value is -2.01. The van der Waals surface area contributed by atoms with Crippen molar-refractivity contribution in [2.24, 2.45) is 5.92 Å². The van der Waals surface area contributed by atoms with Gasteiger partial charge in [-0.25, -0.2) is 4.68 Å². The lowest BCUT2D eigenvalue weighted by atomic mass is 9.90. The molecule has 4 rings (SSSR count). The molecule has 0 aliphatic carbocycles. The number of hydrogen-bond acceptors (Lipinski definition) is 4. The van der Waals surface area contributed by atoms with Crippen LogP contribution >= 0.6 is 0 Å². The summed E-state index contributed by atoms with van der Waals surface area (Å²) in [5.41, 5.74) is 2.89. The SMILES string of the molecule is CN1CC[C@H](CNC[C@H]2CNc3ccnn3C2)c2ccccc21. The molecule has 0 saturated carbocycles. The van der Waals surface area contributed by atoms with Crippen LogP contribution < -0.4 is 15.5 Å². The molecule has 122 valence electrons. The van der Waals surface area contributed by atoms with Crippen LogP contribution in [0.25, 0.3) is 0 Å². The number of nitrogens with one attached hydrogen (secondary N) is 2. The minimum atomic E-state index is 0.601. The summed E-state index contributed by atoms with van der Waals surface area (Å²) in [7, 11) is 2.19. The average Bonchev–Trinajstić information content (AvgIpc) is 3.05. The van der Waals surface area contributed by atoms with Crippen molar-refractivity contribution in [3.05, 3.63) is 42.1 Å². The van der Waals surface area contributed by atoms with Crippen LogP contribution in [0.2, 0.25) is 0 Å². The second kappa shape index (κ2) is 6.24. The summed E-state index contributed by atoms with van der Waals surface area (Å²) in [6, 6.07) is 10.9. The van der Waals surface area contributed by atoms with Crippen molar-refractivity contribution in [3.8, 4) is 0 Å². The number of fused-ring (bicyclic) bond motifs is 2. The number of rotatable bonds is 4. The van der Waals surface area contributed by atoms with Crippen LogP contribution in [0.1, 0.15) is 17.9 Å². The quantitative estimate of drug-likeness (QED) is 0.908. The number of nitrogens with zero attached hydrogens (tertiary/aromatic N) is 3. The van der Waals surface area contributed by atoms with Gasteiger partial charge < -0.3 is 15.5 Å². The van der Waals surface area contributed by atoms with Gasteiger partial charge in [0, 0.05) is 63.4 Å². The van der Waals surface area contributed by atoms with Crippen molar-refractivity contribution in [2.45, 2.75) is 18.9 Å². The molecular weight excluding hydrogens is 286 g/mol. The van der Waals surface area contributed by atoms with Gasteiger partial charge in [0.15, 0.2) is 0 Å². The Morgan fingerprint density at radius 3 is 3.13 bits per heavy atom. The van der Waals surface area contributed by atoms with Crippen LogP contribution in [-0.4, -0.2) is 43.0 Å². The van der Waals surface area contributed by atoms with Gasteiger partial charge in [-0.3, -0.25) is 0 Å². The highest BCUT2D eigenvalue weighted by Gasteiger charge is 2.23. The summed E-state index contributed by atoms with van der Waals surface area (Å²) < 4.78 is 2.07. The minimum Gasteiger partial charge on any atom is -0.374 e. The second-order valence-electron chi connectivity index (χ2n) is 6.77. The second-order valence-corrected chi connectivity index (χ2v) is 6.77. The van der Waals surface area contributed by atoms with E-state index in [-0.39, 0.29) is 0 Å². The summed E-state index contributed by atoms with van der Waals surface area (Å²) in [5, 5.41) is 11.5. The third-order valence-electron chi connectivity index (χ3n) is 5.14. The van der Waals surface area contributed by atoms with E-state index in [0.717, 1.165) is 38.5 Å². The maximum atomic E-state index is 4.36. The summed E-state index contributed by atoms with van der Waals surface area (Å²) >= 11 is 0. The molecule has 0 spiro atoms. The van der Waals surface area contributed by atoms with E-state index in [1.165, 1.54) is 17.7 Å². The van der Waals surface area contributed by atoms with Gasteiger partial charge in [0.1, 0.15) is 5.82 Å². The van der Waals surface area contributed by atoms with Crippen molar-refractivity contribution >= 4 is 11.5 Å². The highest BCUT2D eigenvalue weighted by molar-refractivity contribution is 5.56. The van der Waals surface area contributed by atoms with Gasteiger partial charge in [-0.05, 0) is 18.1 Å². The maximum Gasteiger partial charge on any atom is 0.124 e. The molecule has 0 amide bonds. The van der Waals surface area contributed by atoms with Gasteiger partial charge >= 0.3 is 0 Å². The van der Waals surface area contributed by atoms with Crippen molar-refractivity contribution < 1.29 is 0 Å². The fourth-order valence-electron chi connectivity index (χ4n) is 3.80. The number of hydrogen-bond donors (Lipinski definition) is 2. The lowest BCUT2D eigenvalue weighted by molar-refractivity contribution is 0.383. The number of para-hydroxylation sites is 1. The molecular formula is C18H25N5. The van der Waals surface area contributed by atoms with E-state index in [0.29, 0.717) is 11.8 Å². The highest BCUT2D eigenvalue weighted by Crippen LogP contribution is 2.33. The molecule has 1 aromatic heterocycles. The number of benzene rings is 1. The monoisotopic (exact) mass is 311 g/mol. The highest BCUT2D eigenvalue weighted by atomic mass is 15.3. The van der Waals surface area contributed by atoms with Gasteiger partial charge in [-0.15, -0.1) is 0 Å². The van der Waals surface area contributed by atoms with Crippen LogP contribution in [-0.2, 0) is 6.54 Å². The van der Waals surface area contributed by atoms with Gasteiger partial charge in [-0.1, -0.05) is 18.2 Å². The molecule has 0 radical (unpaired) electrons. The van der Waals surface area contributed by atoms with Crippen molar-refractivity contribution in [1.29, 1.82) is 0 Å². The topological polar surface area (TPSA) is 45.1 Å². The zero-order chi connectivity index (χ0) is 15.6. The van der Waals surface area contributed by atoms with Crippen LogP contribution in [0.3, 0.4) is 0 Å². The lowest BCUT2D eigenvalue weighted by Gasteiger charge is -2.34. The summed E-state index contributed by atoms with van der Waals surface area (Å²) in [6.07, 6.45) is 3.10. The molecule has 2 N–H and O–H groups in total. The van der Waals surface area contributed by atoms with E-state index in [1.807, 2.05) is 12.3 Å². The van der Waals surface area contributed by atoms with Crippen molar-refractivity contribution in [3.63, 3.8) is 0 Å². The summed E-state index contributed by atoms with van der Waals surface area (Å²) in [5.74, 6) is 2.37. The number of aromatic nitrogens is 2. The van der Waals surface area contributed by atoms with E-state index in [2.05, 4.69) is 56.6 Å². The van der Waals surface area contributed by atoms with E-state index in [9.17, 15) is 0 Å². The van der Waals surface area contributed by atoms with Crippen molar-refractivity contribution in [1.82, 2.24) is 15.1 Å². The van der Waals surface area contributed by atoms with E-state index >= 15 is 0 Å². The predicted octanol–water partition coefficient (Wildman–Crippen LogP) is 2.14. The molecule has 5 heteroatoms. The minimum absolute atomic E-state index is 0.601. The van der Waals surface area contributed by atoms with Gasteiger partial charge in [-0.2, -0.15) is 5.10 Å². The molecule has 0 unspecified atom stereocenters. The first-order valence-corrected chi connectivity index (χ1v) is 8.58. The standard InChI is InChI=1S/C18H25N5/c1-22-9-7-15(16-4-2-3-5-17(16)22)12-19-10-14-11-20-18-6-8-21-23(18)13-14/h2-6,8,14-15,19-20H,7,9-13H2,1H3/t14-,15+/m0/s1. The average molecular weight is 311 g/mol. The molecule has 1 aromatic carbocycles. The smallest absolute Gasteiger partial charge is 0.124 e. The molecule has 0 saturated heterocycles. The fourth-order valence-corrected chi connectivity index (χ4v) is 3.80. The van der Waals surface area contributed by atoms with Gasteiger partial charge in [0.25, 0.3) is 0 Å². The molecule has 0 bridgehead atoms. The largest absolute Gasteiger partial charge is 0.374 e. The zero-order valence-corrected chi connectivity index (χ0v) is 13.7.